The fourth-order valence-corrected chi connectivity index (χ4v) is 2.72. The molecule has 1 amide bonds. The van der Waals surface area contributed by atoms with E-state index in [0.717, 1.165) is 5.56 Å². The van der Waals surface area contributed by atoms with Crippen LogP contribution in [0.1, 0.15) is 18.4 Å². The van der Waals surface area contributed by atoms with Gasteiger partial charge in [-0.1, -0.05) is 29.8 Å². The molecule has 118 valence electrons. The zero-order chi connectivity index (χ0) is 14.5. The highest BCUT2D eigenvalue weighted by Crippen LogP contribution is 2.18. The van der Waals surface area contributed by atoms with Crippen LogP contribution in [-0.2, 0) is 11.2 Å². The molecule has 1 saturated heterocycles. The Morgan fingerprint density at radius 2 is 2.05 bits per heavy atom. The Labute approximate surface area is 136 Å². The second-order valence-corrected chi connectivity index (χ2v) is 5.60. The Kier molecular flexibility index (Phi) is 7.46. The molecule has 0 aliphatic carbocycles. The number of halogens is 2. The molecule has 0 spiro atoms. The van der Waals surface area contributed by atoms with Crippen molar-refractivity contribution < 1.29 is 9.90 Å². The fourth-order valence-electron chi connectivity index (χ4n) is 2.50. The van der Waals surface area contributed by atoms with Gasteiger partial charge >= 0.3 is 0 Å². The molecule has 1 atom stereocenters. The quantitative estimate of drug-likeness (QED) is 0.885. The SMILES string of the molecule is CN[C@@H](Cc1ccccc1Cl)C(=O)N1CCC(O)CC1.Cl. The van der Waals surface area contributed by atoms with Gasteiger partial charge in [-0.3, -0.25) is 4.79 Å². The van der Waals surface area contributed by atoms with Crippen LogP contribution in [0, 0.1) is 0 Å². The lowest BCUT2D eigenvalue weighted by Gasteiger charge is -2.32. The number of amides is 1. The van der Waals surface area contributed by atoms with Crippen molar-refractivity contribution in [2.45, 2.75) is 31.4 Å². The van der Waals surface area contributed by atoms with Gasteiger partial charge in [-0.25, -0.2) is 0 Å². The van der Waals surface area contributed by atoms with Crippen LogP contribution in [-0.4, -0.2) is 48.2 Å². The predicted octanol–water partition coefficient (Wildman–Crippen LogP) is 1.88. The highest BCUT2D eigenvalue weighted by atomic mass is 35.5. The summed E-state index contributed by atoms with van der Waals surface area (Å²) in [6, 6.07) is 7.32. The van der Waals surface area contributed by atoms with Gasteiger partial charge in [0.1, 0.15) is 0 Å². The second kappa shape index (κ2) is 8.59. The van der Waals surface area contributed by atoms with E-state index in [1.165, 1.54) is 0 Å². The Hall–Kier alpha value is -0.810. The monoisotopic (exact) mass is 332 g/mol. The molecule has 1 aliphatic rings. The number of nitrogens with zero attached hydrogens (tertiary/aromatic N) is 1. The summed E-state index contributed by atoms with van der Waals surface area (Å²) in [5.41, 5.74) is 0.971. The van der Waals surface area contributed by atoms with Crippen molar-refractivity contribution >= 4 is 29.9 Å². The molecule has 1 aromatic rings. The van der Waals surface area contributed by atoms with E-state index in [2.05, 4.69) is 5.32 Å². The first-order valence-corrected chi connectivity index (χ1v) is 7.37. The fraction of sp³-hybridized carbons (Fsp3) is 0.533. The summed E-state index contributed by atoms with van der Waals surface area (Å²) in [7, 11) is 1.79. The number of hydrogen-bond acceptors (Lipinski definition) is 3. The van der Waals surface area contributed by atoms with Gasteiger partial charge in [-0.15, -0.1) is 12.4 Å². The highest BCUT2D eigenvalue weighted by Gasteiger charge is 2.27. The van der Waals surface area contributed by atoms with Gasteiger partial charge in [-0.05, 0) is 37.9 Å². The lowest BCUT2D eigenvalue weighted by Crippen LogP contribution is -2.49. The molecule has 4 nitrogen and oxygen atoms in total. The summed E-state index contributed by atoms with van der Waals surface area (Å²) in [6.07, 6.45) is 1.63. The molecular formula is C15H22Cl2N2O2. The molecule has 2 rings (SSSR count). The number of likely N-dealkylation sites (N-methyl/N-ethyl adjacent to an activating group) is 1. The van der Waals surface area contributed by atoms with Gasteiger partial charge in [0.25, 0.3) is 0 Å². The van der Waals surface area contributed by atoms with Gasteiger partial charge in [0.05, 0.1) is 12.1 Å². The molecule has 1 fully saturated rings. The summed E-state index contributed by atoms with van der Waals surface area (Å²) in [5.74, 6) is 0.0827. The molecule has 0 bridgehead atoms. The van der Waals surface area contributed by atoms with Gasteiger partial charge in [-0.2, -0.15) is 0 Å². The molecule has 2 N–H and O–H groups in total. The third kappa shape index (κ3) is 4.85. The van der Waals surface area contributed by atoms with E-state index in [9.17, 15) is 9.90 Å². The van der Waals surface area contributed by atoms with Crippen molar-refractivity contribution in [2.75, 3.05) is 20.1 Å². The van der Waals surface area contributed by atoms with Crippen LogP contribution < -0.4 is 5.32 Å². The van der Waals surface area contributed by atoms with Crippen molar-refractivity contribution in [3.8, 4) is 0 Å². The summed E-state index contributed by atoms with van der Waals surface area (Å²) in [5, 5.41) is 13.3. The molecule has 21 heavy (non-hydrogen) atoms. The van der Waals surface area contributed by atoms with E-state index in [1.54, 1.807) is 7.05 Å². The third-order valence-corrected chi connectivity index (χ3v) is 4.17. The van der Waals surface area contributed by atoms with Crippen LogP contribution in [0.5, 0.6) is 0 Å². The molecule has 1 heterocycles. The average molecular weight is 333 g/mol. The maximum atomic E-state index is 12.5. The van der Waals surface area contributed by atoms with Crippen LogP contribution in [0.25, 0.3) is 0 Å². The number of aliphatic hydroxyl groups is 1. The lowest BCUT2D eigenvalue weighted by atomic mass is 10.0. The standard InChI is InChI=1S/C15H21ClN2O2.ClH/c1-17-14(10-11-4-2-3-5-13(11)16)15(20)18-8-6-12(19)7-9-18;/h2-5,12,14,17,19H,6-10H2,1H3;1H/t14-;/m0./s1. The van der Waals surface area contributed by atoms with Crippen molar-refractivity contribution in [3.63, 3.8) is 0 Å². The number of aliphatic hydroxyl groups excluding tert-OH is 1. The second-order valence-electron chi connectivity index (χ2n) is 5.19. The van der Waals surface area contributed by atoms with Crippen molar-refractivity contribution in [3.05, 3.63) is 34.9 Å². The first-order valence-electron chi connectivity index (χ1n) is 6.99. The number of carbonyl (C=O) groups is 1. The van der Waals surface area contributed by atoms with E-state index in [1.807, 2.05) is 29.2 Å². The molecule has 1 aromatic carbocycles. The van der Waals surface area contributed by atoms with Crippen LogP contribution >= 0.6 is 24.0 Å². The van der Waals surface area contributed by atoms with Gasteiger partial charge in [0.2, 0.25) is 5.91 Å². The average Bonchev–Trinajstić information content (AvgIpc) is 2.46. The summed E-state index contributed by atoms with van der Waals surface area (Å²) in [6.45, 7) is 1.25. The molecule has 1 aliphatic heterocycles. The number of likely N-dealkylation sites (tertiary alicyclic amines) is 1. The summed E-state index contributed by atoms with van der Waals surface area (Å²) >= 11 is 6.15. The molecule has 0 saturated carbocycles. The predicted molar refractivity (Wildman–Crippen MR) is 87.1 cm³/mol. The first kappa shape index (κ1) is 18.2. The van der Waals surface area contributed by atoms with Gasteiger partial charge in [0, 0.05) is 18.1 Å². The normalized spacial score (nSPS) is 17.2. The number of benzene rings is 1. The highest BCUT2D eigenvalue weighted by molar-refractivity contribution is 6.31. The molecule has 0 unspecified atom stereocenters. The van der Waals surface area contributed by atoms with E-state index in [-0.39, 0.29) is 30.5 Å². The zero-order valence-electron chi connectivity index (χ0n) is 12.1. The zero-order valence-corrected chi connectivity index (χ0v) is 13.7. The number of hydrogen-bond donors (Lipinski definition) is 2. The van der Waals surface area contributed by atoms with E-state index < -0.39 is 0 Å². The topological polar surface area (TPSA) is 52.6 Å². The number of nitrogens with one attached hydrogen (secondary N) is 1. The minimum atomic E-state index is -0.273. The Bertz CT molecular complexity index is 463. The van der Waals surface area contributed by atoms with E-state index in [4.69, 9.17) is 11.6 Å². The molecular weight excluding hydrogens is 311 g/mol. The van der Waals surface area contributed by atoms with Crippen LogP contribution in [0.2, 0.25) is 5.02 Å². The summed E-state index contributed by atoms with van der Waals surface area (Å²) in [4.78, 5) is 14.3. The lowest BCUT2D eigenvalue weighted by molar-refractivity contribution is -0.135. The van der Waals surface area contributed by atoms with Crippen LogP contribution in [0.15, 0.2) is 24.3 Å². The largest absolute Gasteiger partial charge is 0.393 e. The Balaban J connectivity index is 0.00000220. The van der Waals surface area contributed by atoms with Gasteiger partial charge < -0.3 is 15.3 Å². The van der Waals surface area contributed by atoms with Crippen molar-refractivity contribution in [2.24, 2.45) is 0 Å². The minimum Gasteiger partial charge on any atom is -0.393 e. The van der Waals surface area contributed by atoms with Crippen molar-refractivity contribution in [1.82, 2.24) is 10.2 Å². The minimum absolute atomic E-state index is 0. The maximum absolute atomic E-state index is 12.5. The third-order valence-electron chi connectivity index (χ3n) is 3.80. The molecule has 6 heteroatoms. The number of rotatable bonds is 4. The number of piperidine rings is 1. The Morgan fingerprint density at radius 3 is 2.62 bits per heavy atom. The number of carbonyl (C=O) groups excluding carboxylic acids is 1. The van der Waals surface area contributed by atoms with Crippen molar-refractivity contribution in [1.29, 1.82) is 0 Å². The molecule has 0 aromatic heterocycles. The smallest absolute Gasteiger partial charge is 0.240 e. The van der Waals surface area contributed by atoms with Crippen LogP contribution in [0.3, 0.4) is 0 Å². The Morgan fingerprint density at radius 1 is 1.43 bits per heavy atom. The van der Waals surface area contributed by atoms with E-state index in [0.29, 0.717) is 37.4 Å². The summed E-state index contributed by atoms with van der Waals surface area (Å²) < 4.78 is 0. The first-order chi connectivity index (χ1) is 9.61. The maximum Gasteiger partial charge on any atom is 0.240 e. The molecule has 0 radical (unpaired) electrons. The van der Waals surface area contributed by atoms with E-state index >= 15 is 0 Å². The van der Waals surface area contributed by atoms with Gasteiger partial charge in [0.15, 0.2) is 0 Å². The van der Waals surface area contributed by atoms with Crippen LogP contribution in [0.4, 0.5) is 0 Å².